The third kappa shape index (κ3) is 3.69. The van der Waals surface area contributed by atoms with Gasteiger partial charge in [0.2, 0.25) is 10.0 Å². The number of phenols is 1. The van der Waals surface area contributed by atoms with Gasteiger partial charge in [-0.05, 0) is 25.1 Å². The second kappa shape index (κ2) is 6.00. The summed E-state index contributed by atoms with van der Waals surface area (Å²) in [5, 5.41) is 9.26. The first-order chi connectivity index (χ1) is 7.98. The van der Waals surface area contributed by atoms with Crippen LogP contribution < -0.4 is 0 Å². The first-order valence-electron chi connectivity index (χ1n) is 5.31. The van der Waals surface area contributed by atoms with E-state index in [0.29, 0.717) is 13.2 Å². The maximum atomic E-state index is 12.0. The number of rotatable bonds is 6. The van der Waals surface area contributed by atoms with Gasteiger partial charge in [-0.15, -0.1) is 0 Å². The number of phenolic OH excluding ortho intramolecular Hbond substituents is 1. The quantitative estimate of drug-likeness (QED) is 0.775. The molecule has 0 bridgehead atoms. The van der Waals surface area contributed by atoms with E-state index in [1.807, 2.05) is 6.92 Å². The van der Waals surface area contributed by atoms with Crippen molar-refractivity contribution in [1.82, 2.24) is 4.31 Å². The fourth-order valence-electron chi connectivity index (χ4n) is 1.28. The molecule has 17 heavy (non-hydrogen) atoms. The summed E-state index contributed by atoms with van der Waals surface area (Å²) in [6, 6.07) is 5.61. The van der Waals surface area contributed by atoms with Crippen molar-refractivity contribution in [1.29, 1.82) is 0 Å². The van der Waals surface area contributed by atoms with Gasteiger partial charge in [-0.25, -0.2) is 8.42 Å². The highest BCUT2D eigenvalue weighted by Gasteiger charge is 2.20. The lowest BCUT2D eigenvalue weighted by Crippen LogP contribution is -2.30. The number of hydrogen-bond acceptors (Lipinski definition) is 4. The summed E-state index contributed by atoms with van der Waals surface area (Å²) in [4.78, 5) is 0.0801. The van der Waals surface area contributed by atoms with Crippen LogP contribution in [0.1, 0.15) is 6.92 Å². The Morgan fingerprint density at radius 2 is 2.12 bits per heavy atom. The minimum atomic E-state index is -3.55. The van der Waals surface area contributed by atoms with Crippen LogP contribution in [0.5, 0.6) is 5.75 Å². The Morgan fingerprint density at radius 1 is 1.41 bits per heavy atom. The second-order valence-electron chi connectivity index (χ2n) is 3.52. The van der Waals surface area contributed by atoms with E-state index in [0.717, 1.165) is 0 Å². The summed E-state index contributed by atoms with van der Waals surface area (Å²) in [6.07, 6.45) is 0. The van der Waals surface area contributed by atoms with E-state index in [2.05, 4.69) is 0 Å². The first kappa shape index (κ1) is 14.0. The van der Waals surface area contributed by atoms with Gasteiger partial charge in [-0.2, -0.15) is 4.31 Å². The highest BCUT2D eigenvalue weighted by molar-refractivity contribution is 7.89. The van der Waals surface area contributed by atoms with Crippen LogP contribution in [0.15, 0.2) is 29.2 Å². The standard InChI is InChI=1S/C11H17NO4S/c1-3-16-8-7-12(2)17(14,15)11-6-4-5-10(13)9-11/h4-6,9,13H,3,7-8H2,1-2H3. The minimum Gasteiger partial charge on any atom is -0.508 e. The normalized spacial score (nSPS) is 11.9. The molecular weight excluding hydrogens is 242 g/mol. The van der Waals surface area contributed by atoms with Gasteiger partial charge >= 0.3 is 0 Å². The smallest absolute Gasteiger partial charge is 0.243 e. The van der Waals surface area contributed by atoms with Crippen LogP contribution in [0.3, 0.4) is 0 Å². The fourth-order valence-corrected chi connectivity index (χ4v) is 2.48. The van der Waals surface area contributed by atoms with E-state index in [1.165, 1.54) is 35.6 Å². The summed E-state index contributed by atoms with van der Waals surface area (Å²) in [5.74, 6) is -0.0655. The van der Waals surface area contributed by atoms with Gasteiger partial charge in [0.05, 0.1) is 11.5 Å². The van der Waals surface area contributed by atoms with Crippen LogP contribution >= 0.6 is 0 Å². The Morgan fingerprint density at radius 3 is 2.71 bits per heavy atom. The molecule has 96 valence electrons. The maximum absolute atomic E-state index is 12.0. The zero-order chi connectivity index (χ0) is 12.9. The molecule has 1 rings (SSSR count). The molecule has 0 aliphatic carbocycles. The largest absolute Gasteiger partial charge is 0.508 e. The van der Waals surface area contributed by atoms with Crippen LogP contribution in [0.25, 0.3) is 0 Å². The van der Waals surface area contributed by atoms with Gasteiger partial charge in [-0.1, -0.05) is 6.07 Å². The summed E-state index contributed by atoms with van der Waals surface area (Å²) < 4.78 is 30.4. The van der Waals surface area contributed by atoms with Gasteiger partial charge in [0.25, 0.3) is 0 Å². The maximum Gasteiger partial charge on any atom is 0.243 e. The summed E-state index contributed by atoms with van der Waals surface area (Å²) in [5.41, 5.74) is 0. The lowest BCUT2D eigenvalue weighted by Gasteiger charge is -2.17. The third-order valence-electron chi connectivity index (χ3n) is 2.28. The number of nitrogens with zero attached hydrogens (tertiary/aromatic N) is 1. The Balaban J connectivity index is 2.80. The fraction of sp³-hybridized carbons (Fsp3) is 0.455. The molecule has 0 saturated carbocycles. The van der Waals surface area contributed by atoms with Crippen LogP contribution in [0, 0.1) is 0 Å². The number of benzene rings is 1. The van der Waals surface area contributed by atoms with Gasteiger partial charge in [0.15, 0.2) is 0 Å². The number of hydrogen-bond donors (Lipinski definition) is 1. The summed E-state index contributed by atoms with van der Waals surface area (Å²) in [6.45, 7) is 3.04. The van der Waals surface area contributed by atoms with Gasteiger partial charge < -0.3 is 9.84 Å². The van der Waals surface area contributed by atoms with Crippen molar-refractivity contribution in [2.75, 3.05) is 26.8 Å². The Kier molecular flexibility index (Phi) is 4.92. The Bertz CT molecular complexity index is 458. The molecule has 1 aromatic rings. The van der Waals surface area contributed by atoms with Crippen molar-refractivity contribution in [3.8, 4) is 5.75 Å². The SMILES string of the molecule is CCOCCN(C)S(=O)(=O)c1cccc(O)c1. The average molecular weight is 259 g/mol. The molecule has 0 aliphatic rings. The molecule has 0 radical (unpaired) electrons. The van der Waals surface area contributed by atoms with E-state index < -0.39 is 10.0 Å². The van der Waals surface area contributed by atoms with Gasteiger partial charge in [-0.3, -0.25) is 0 Å². The molecular formula is C11H17NO4S. The van der Waals surface area contributed by atoms with Crippen molar-refractivity contribution >= 4 is 10.0 Å². The third-order valence-corrected chi connectivity index (χ3v) is 4.13. The van der Waals surface area contributed by atoms with Crippen molar-refractivity contribution in [2.24, 2.45) is 0 Å². The van der Waals surface area contributed by atoms with Gasteiger partial charge in [0, 0.05) is 20.2 Å². The molecule has 0 aromatic heterocycles. The number of ether oxygens (including phenoxy) is 1. The lowest BCUT2D eigenvalue weighted by molar-refractivity contribution is 0.138. The summed E-state index contributed by atoms with van der Waals surface area (Å²) in [7, 11) is -2.06. The molecule has 0 heterocycles. The Labute approximate surface area is 102 Å². The van der Waals surface area contributed by atoms with Crippen molar-refractivity contribution in [3.63, 3.8) is 0 Å². The van der Waals surface area contributed by atoms with Crippen molar-refractivity contribution in [3.05, 3.63) is 24.3 Å². The van der Waals surface area contributed by atoms with Crippen LogP contribution in [0.2, 0.25) is 0 Å². The molecule has 0 atom stereocenters. The molecule has 6 heteroatoms. The molecule has 0 saturated heterocycles. The molecule has 5 nitrogen and oxygen atoms in total. The number of sulfonamides is 1. The second-order valence-corrected chi connectivity index (χ2v) is 5.57. The monoisotopic (exact) mass is 259 g/mol. The van der Waals surface area contributed by atoms with Crippen molar-refractivity contribution in [2.45, 2.75) is 11.8 Å². The molecule has 0 aliphatic heterocycles. The highest BCUT2D eigenvalue weighted by Crippen LogP contribution is 2.18. The van der Waals surface area contributed by atoms with Crippen LogP contribution in [0.4, 0.5) is 0 Å². The molecule has 1 N–H and O–H groups in total. The molecule has 1 aromatic carbocycles. The number of likely N-dealkylation sites (N-methyl/N-ethyl adjacent to an activating group) is 1. The first-order valence-corrected chi connectivity index (χ1v) is 6.75. The van der Waals surface area contributed by atoms with E-state index in [9.17, 15) is 13.5 Å². The van der Waals surface area contributed by atoms with E-state index in [1.54, 1.807) is 0 Å². The van der Waals surface area contributed by atoms with Crippen LogP contribution in [-0.4, -0.2) is 44.6 Å². The Hall–Kier alpha value is -1.11. The average Bonchev–Trinajstić information content (AvgIpc) is 2.29. The zero-order valence-corrected chi connectivity index (χ0v) is 10.8. The number of aromatic hydroxyl groups is 1. The lowest BCUT2D eigenvalue weighted by atomic mass is 10.3. The van der Waals surface area contributed by atoms with Crippen LogP contribution in [-0.2, 0) is 14.8 Å². The van der Waals surface area contributed by atoms with E-state index in [4.69, 9.17) is 4.74 Å². The molecule has 0 fully saturated rings. The minimum absolute atomic E-state index is 0.0655. The summed E-state index contributed by atoms with van der Waals surface area (Å²) >= 11 is 0. The molecule has 0 spiro atoms. The van der Waals surface area contributed by atoms with E-state index >= 15 is 0 Å². The zero-order valence-electron chi connectivity index (χ0n) is 9.96. The van der Waals surface area contributed by atoms with Crippen molar-refractivity contribution < 1.29 is 18.3 Å². The highest BCUT2D eigenvalue weighted by atomic mass is 32.2. The molecule has 0 amide bonds. The predicted molar refractivity (Wildman–Crippen MR) is 64.4 cm³/mol. The molecule has 0 unspecified atom stereocenters. The topological polar surface area (TPSA) is 66.8 Å². The van der Waals surface area contributed by atoms with E-state index in [-0.39, 0.29) is 17.2 Å². The van der Waals surface area contributed by atoms with Gasteiger partial charge in [0.1, 0.15) is 5.75 Å². The predicted octanol–water partition coefficient (Wildman–Crippen LogP) is 1.05.